The van der Waals surface area contributed by atoms with E-state index in [9.17, 15) is 5.11 Å². The number of hydrogen-bond acceptors (Lipinski definition) is 6. The average molecular weight is 455 g/mol. The summed E-state index contributed by atoms with van der Waals surface area (Å²) in [5, 5.41) is 20.3. The molecule has 0 saturated carbocycles. The quantitative estimate of drug-likeness (QED) is 0.293. The maximum Gasteiger partial charge on any atom is 0.128 e. The van der Waals surface area contributed by atoms with Crippen molar-refractivity contribution >= 4 is 42.8 Å². The zero-order chi connectivity index (χ0) is 21.6. The first-order valence-electron chi connectivity index (χ1n) is 10.9. The second kappa shape index (κ2) is 10.5. The molecule has 0 aliphatic heterocycles. The Morgan fingerprint density at radius 3 is 2.42 bits per heavy atom. The van der Waals surface area contributed by atoms with Crippen LogP contribution in [-0.4, -0.2) is 49.8 Å². The van der Waals surface area contributed by atoms with Crippen LogP contribution in [-0.2, 0) is 12.8 Å². The number of thiophene rings is 2. The molecule has 0 aliphatic carbocycles. The number of ether oxygens (including phenoxy) is 1. The standard InChI is InChI=1S/C25H30N2O2S2/c1-3-27(2)14-11-19-17-31-23-9-5-7-21(25(19)23)29-15-13-26-12-10-18-16-30-22-8-4-6-20(28)24(18)22/h4-9,16-17,26,28H,3,10-15H2,1-2H3. The summed E-state index contributed by atoms with van der Waals surface area (Å²) < 4.78 is 8.61. The van der Waals surface area contributed by atoms with Gasteiger partial charge in [0.25, 0.3) is 0 Å². The molecule has 4 rings (SSSR count). The molecule has 0 saturated heterocycles. The maximum atomic E-state index is 10.1. The Morgan fingerprint density at radius 1 is 0.935 bits per heavy atom. The smallest absolute Gasteiger partial charge is 0.128 e. The summed E-state index contributed by atoms with van der Waals surface area (Å²) in [4.78, 5) is 2.34. The minimum atomic E-state index is 0.377. The molecule has 2 heterocycles. The topological polar surface area (TPSA) is 44.7 Å². The third kappa shape index (κ3) is 5.21. The number of phenols is 1. The fraction of sp³-hybridized carbons (Fsp3) is 0.360. The van der Waals surface area contributed by atoms with E-state index in [0.717, 1.165) is 54.9 Å². The normalized spacial score (nSPS) is 11.7. The number of aromatic hydroxyl groups is 1. The van der Waals surface area contributed by atoms with Crippen molar-refractivity contribution in [2.45, 2.75) is 19.8 Å². The van der Waals surface area contributed by atoms with Gasteiger partial charge in [0.1, 0.15) is 18.1 Å². The van der Waals surface area contributed by atoms with Gasteiger partial charge in [0, 0.05) is 33.3 Å². The second-order valence-electron chi connectivity index (χ2n) is 7.80. The van der Waals surface area contributed by atoms with E-state index in [2.05, 4.69) is 59.2 Å². The Balaban J connectivity index is 1.29. The summed E-state index contributed by atoms with van der Waals surface area (Å²) >= 11 is 3.49. The minimum Gasteiger partial charge on any atom is -0.507 e. The van der Waals surface area contributed by atoms with E-state index in [1.807, 2.05) is 6.07 Å². The van der Waals surface area contributed by atoms with Crippen LogP contribution in [0.3, 0.4) is 0 Å². The minimum absolute atomic E-state index is 0.377. The fourth-order valence-electron chi connectivity index (χ4n) is 3.79. The molecule has 2 N–H and O–H groups in total. The number of nitrogens with one attached hydrogen (secondary N) is 1. The molecule has 0 spiro atoms. The second-order valence-corrected chi connectivity index (χ2v) is 9.62. The van der Waals surface area contributed by atoms with Gasteiger partial charge >= 0.3 is 0 Å². The number of likely N-dealkylation sites (N-methyl/N-ethyl adjacent to an activating group) is 1. The van der Waals surface area contributed by atoms with Crippen LogP contribution in [0.5, 0.6) is 11.5 Å². The largest absolute Gasteiger partial charge is 0.507 e. The van der Waals surface area contributed by atoms with Gasteiger partial charge in [-0.25, -0.2) is 0 Å². The molecule has 164 valence electrons. The zero-order valence-electron chi connectivity index (χ0n) is 18.2. The Morgan fingerprint density at radius 2 is 1.65 bits per heavy atom. The van der Waals surface area contributed by atoms with E-state index in [4.69, 9.17) is 4.74 Å². The summed E-state index contributed by atoms with van der Waals surface area (Å²) in [7, 11) is 2.16. The molecular formula is C25H30N2O2S2. The Labute approximate surface area is 192 Å². The summed E-state index contributed by atoms with van der Waals surface area (Å²) in [5.41, 5.74) is 2.59. The molecule has 0 radical (unpaired) electrons. The van der Waals surface area contributed by atoms with Crippen molar-refractivity contribution in [3.8, 4) is 11.5 Å². The number of hydrogen-bond donors (Lipinski definition) is 2. The van der Waals surface area contributed by atoms with Crippen molar-refractivity contribution in [1.29, 1.82) is 0 Å². The molecule has 0 aliphatic rings. The van der Waals surface area contributed by atoms with E-state index < -0.39 is 0 Å². The van der Waals surface area contributed by atoms with Crippen molar-refractivity contribution in [3.05, 3.63) is 58.3 Å². The fourth-order valence-corrected chi connectivity index (χ4v) is 5.82. The molecule has 31 heavy (non-hydrogen) atoms. The molecular weight excluding hydrogens is 424 g/mol. The lowest BCUT2D eigenvalue weighted by molar-refractivity contribution is 0.318. The van der Waals surface area contributed by atoms with Crippen LogP contribution in [0, 0.1) is 0 Å². The molecule has 2 aromatic heterocycles. The number of fused-ring (bicyclic) bond motifs is 2. The molecule has 4 nitrogen and oxygen atoms in total. The average Bonchev–Trinajstić information content (AvgIpc) is 3.39. The lowest BCUT2D eigenvalue weighted by Gasteiger charge is -2.14. The number of rotatable bonds is 11. The van der Waals surface area contributed by atoms with E-state index in [-0.39, 0.29) is 0 Å². The van der Waals surface area contributed by atoms with Crippen molar-refractivity contribution in [1.82, 2.24) is 10.2 Å². The number of benzene rings is 2. The molecule has 0 bridgehead atoms. The van der Waals surface area contributed by atoms with Gasteiger partial charge in [-0.1, -0.05) is 19.1 Å². The monoisotopic (exact) mass is 454 g/mol. The van der Waals surface area contributed by atoms with Crippen LogP contribution in [0.2, 0.25) is 0 Å². The number of phenolic OH excluding ortho intramolecular Hbond substituents is 1. The van der Waals surface area contributed by atoms with Crippen LogP contribution in [0.25, 0.3) is 20.2 Å². The highest BCUT2D eigenvalue weighted by Gasteiger charge is 2.11. The molecule has 4 aromatic rings. The van der Waals surface area contributed by atoms with Crippen molar-refractivity contribution in [3.63, 3.8) is 0 Å². The lowest BCUT2D eigenvalue weighted by atomic mass is 10.1. The number of nitrogens with zero attached hydrogens (tertiary/aromatic N) is 1. The predicted molar refractivity (Wildman–Crippen MR) is 134 cm³/mol. The Bertz CT molecular complexity index is 1140. The van der Waals surface area contributed by atoms with Crippen molar-refractivity contribution in [2.75, 3.05) is 39.8 Å². The van der Waals surface area contributed by atoms with Gasteiger partial charge in [-0.3, -0.25) is 0 Å². The SMILES string of the molecule is CCN(C)CCc1csc2cccc(OCCNCCc3csc4cccc(O)c34)c12. The van der Waals surface area contributed by atoms with Crippen LogP contribution in [0.1, 0.15) is 18.1 Å². The summed E-state index contributed by atoms with van der Waals surface area (Å²) in [6.07, 6.45) is 1.94. The van der Waals surface area contributed by atoms with Gasteiger partial charge in [-0.2, -0.15) is 0 Å². The van der Waals surface area contributed by atoms with Gasteiger partial charge in [-0.05, 0) is 79.1 Å². The predicted octanol–water partition coefficient (Wildman–Crippen LogP) is 5.53. The van der Waals surface area contributed by atoms with E-state index in [0.29, 0.717) is 12.4 Å². The van der Waals surface area contributed by atoms with E-state index >= 15 is 0 Å². The Hall–Kier alpha value is -2.12. The van der Waals surface area contributed by atoms with Gasteiger partial charge in [0.15, 0.2) is 0 Å². The summed E-state index contributed by atoms with van der Waals surface area (Å²) in [6.45, 7) is 6.61. The third-order valence-electron chi connectivity index (χ3n) is 5.70. The molecule has 0 amide bonds. The summed E-state index contributed by atoms with van der Waals surface area (Å²) in [6, 6.07) is 12.1. The zero-order valence-corrected chi connectivity index (χ0v) is 19.8. The molecule has 0 atom stereocenters. The first-order chi connectivity index (χ1) is 15.2. The first kappa shape index (κ1) is 22.1. The highest BCUT2D eigenvalue weighted by molar-refractivity contribution is 7.17. The van der Waals surface area contributed by atoms with Gasteiger partial charge in [0.05, 0.1) is 0 Å². The van der Waals surface area contributed by atoms with Crippen LogP contribution >= 0.6 is 22.7 Å². The van der Waals surface area contributed by atoms with Crippen molar-refractivity contribution in [2.24, 2.45) is 0 Å². The van der Waals surface area contributed by atoms with Gasteiger partial charge in [0.2, 0.25) is 0 Å². The molecule has 6 heteroatoms. The highest BCUT2D eigenvalue weighted by Crippen LogP contribution is 2.34. The van der Waals surface area contributed by atoms with Gasteiger partial charge in [-0.15, -0.1) is 22.7 Å². The lowest BCUT2D eigenvalue weighted by Crippen LogP contribution is -2.23. The summed E-state index contributed by atoms with van der Waals surface area (Å²) in [5.74, 6) is 1.37. The maximum absolute atomic E-state index is 10.1. The third-order valence-corrected chi connectivity index (χ3v) is 7.69. The highest BCUT2D eigenvalue weighted by atomic mass is 32.1. The van der Waals surface area contributed by atoms with E-state index in [1.165, 1.54) is 21.2 Å². The van der Waals surface area contributed by atoms with E-state index in [1.54, 1.807) is 28.7 Å². The van der Waals surface area contributed by atoms with Crippen molar-refractivity contribution < 1.29 is 9.84 Å². The Kier molecular flexibility index (Phi) is 7.45. The van der Waals surface area contributed by atoms with Crippen LogP contribution < -0.4 is 10.1 Å². The molecule has 2 aromatic carbocycles. The molecule has 0 fully saturated rings. The van der Waals surface area contributed by atoms with Gasteiger partial charge < -0.3 is 20.1 Å². The van der Waals surface area contributed by atoms with Crippen LogP contribution in [0.15, 0.2) is 47.2 Å². The first-order valence-corrected chi connectivity index (χ1v) is 12.6. The molecule has 0 unspecified atom stereocenters. The van der Waals surface area contributed by atoms with Crippen LogP contribution in [0.4, 0.5) is 0 Å².